The Morgan fingerprint density at radius 3 is 2.85 bits per heavy atom. The van der Waals surface area contributed by atoms with Crippen LogP contribution >= 0.6 is 23.1 Å². The highest BCUT2D eigenvalue weighted by Gasteiger charge is 2.22. The van der Waals surface area contributed by atoms with Crippen LogP contribution in [0.15, 0.2) is 34.8 Å². The van der Waals surface area contributed by atoms with Gasteiger partial charge in [0.1, 0.15) is 0 Å². The SMILES string of the molecule is CCCn1c(SCc2ccccc2C)nnc1-c1csc2c1CCCC2. The maximum absolute atomic E-state index is 4.62. The molecular weight excluding hydrogens is 358 g/mol. The van der Waals surface area contributed by atoms with Gasteiger partial charge in [-0.3, -0.25) is 0 Å². The molecule has 1 aliphatic carbocycles. The Bertz CT molecular complexity index is 895. The number of thioether (sulfide) groups is 1. The van der Waals surface area contributed by atoms with Gasteiger partial charge in [0.15, 0.2) is 11.0 Å². The molecule has 4 rings (SSSR count). The summed E-state index contributed by atoms with van der Waals surface area (Å²) < 4.78 is 2.33. The minimum absolute atomic E-state index is 0.941. The van der Waals surface area contributed by atoms with Crippen molar-refractivity contribution in [2.24, 2.45) is 0 Å². The Kier molecular flexibility index (Phi) is 5.46. The van der Waals surface area contributed by atoms with Crippen molar-refractivity contribution in [1.29, 1.82) is 0 Å². The lowest BCUT2D eigenvalue weighted by Gasteiger charge is -2.14. The summed E-state index contributed by atoms with van der Waals surface area (Å²) in [7, 11) is 0. The van der Waals surface area contributed by atoms with Gasteiger partial charge in [-0.15, -0.1) is 21.5 Å². The van der Waals surface area contributed by atoms with Crippen LogP contribution in [0.25, 0.3) is 11.4 Å². The Balaban J connectivity index is 1.63. The lowest BCUT2D eigenvalue weighted by Crippen LogP contribution is -2.05. The second-order valence-electron chi connectivity index (χ2n) is 6.93. The number of hydrogen-bond donors (Lipinski definition) is 0. The van der Waals surface area contributed by atoms with Crippen molar-refractivity contribution in [1.82, 2.24) is 14.8 Å². The van der Waals surface area contributed by atoms with Gasteiger partial charge in [0.25, 0.3) is 0 Å². The van der Waals surface area contributed by atoms with Crippen LogP contribution in [0.3, 0.4) is 0 Å². The summed E-state index contributed by atoms with van der Waals surface area (Å²) in [5.74, 6) is 2.01. The molecule has 0 saturated heterocycles. The third-order valence-electron chi connectivity index (χ3n) is 5.08. The molecule has 0 N–H and O–H groups in total. The van der Waals surface area contributed by atoms with Gasteiger partial charge in [-0.2, -0.15) is 0 Å². The van der Waals surface area contributed by atoms with Crippen LogP contribution in [-0.2, 0) is 25.1 Å². The van der Waals surface area contributed by atoms with Crippen molar-refractivity contribution in [3.05, 3.63) is 51.2 Å². The van der Waals surface area contributed by atoms with Crippen LogP contribution in [0.4, 0.5) is 0 Å². The van der Waals surface area contributed by atoms with E-state index in [-0.39, 0.29) is 0 Å². The summed E-state index contributed by atoms with van der Waals surface area (Å²) in [6.07, 6.45) is 6.14. The first-order valence-electron chi connectivity index (χ1n) is 9.48. The Morgan fingerprint density at radius 1 is 1.15 bits per heavy atom. The highest BCUT2D eigenvalue weighted by Crippen LogP contribution is 2.37. The second-order valence-corrected chi connectivity index (χ2v) is 8.84. The molecule has 3 nitrogen and oxygen atoms in total. The van der Waals surface area contributed by atoms with Gasteiger partial charge in [0.05, 0.1) is 0 Å². The average Bonchev–Trinajstić information content (AvgIpc) is 3.25. The Hall–Kier alpha value is -1.59. The molecule has 0 amide bonds. The van der Waals surface area contributed by atoms with E-state index in [4.69, 9.17) is 0 Å². The molecule has 1 aliphatic rings. The van der Waals surface area contributed by atoms with Gasteiger partial charge >= 0.3 is 0 Å². The first-order chi connectivity index (χ1) is 12.8. The van der Waals surface area contributed by atoms with Crippen LogP contribution < -0.4 is 0 Å². The summed E-state index contributed by atoms with van der Waals surface area (Å²) in [6.45, 7) is 5.38. The molecule has 0 saturated carbocycles. The van der Waals surface area contributed by atoms with E-state index >= 15 is 0 Å². The number of hydrogen-bond acceptors (Lipinski definition) is 4. The third kappa shape index (κ3) is 3.47. The summed E-state index contributed by atoms with van der Waals surface area (Å²) in [6, 6.07) is 8.60. The lowest BCUT2D eigenvalue weighted by atomic mass is 9.95. The van der Waals surface area contributed by atoms with Gasteiger partial charge < -0.3 is 4.57 Å². The van der Waals surface area contributed by atoms with Gasteiger partial charge in [0.2, 0.25) is 0 Å². The summed E-state index contributed by atoms with van der Waals surface area (Å²) in [5, 5.41) is 12.5. The molecule has 0 bridgehead atoms. The van der Waals surface area contributed by atoms with Crippen molar-refractivity contribution in [2.45, 2.75) is 63.4 Å². The third-order valence-corrected chi connectivity index (χ3v) is 7.19. The molecule has 0 aliphatic heterocycles. The van der Waals surface area contributed by atoms with Crippen molar-refractivity contribution in [2.75, 3.05) is 0 Å². The average molecular weight is 384 g/mol. The number of rotatable bonds is 6. The zero-order chi connectivity index (χ0) is 17.9. The maximum atomic E-state index is 4.62. The molecule has 3 aromatic rings. The fourth-order valence-corrected chi connectivity index (χ4v) is 5.78. The Labute approximate surface area is 163 Å². The molecule has 0 atom stereocenters. The fraction of sp³-hybridized carbons (Fsp3) is 0.429. The van der Waals surface area contributed by atoms with Gasteiger partial charge in [-0.25, -0.2) is 0 Å². The van der Waals surface area contributed by atoms with Crippen LogP contribution in [-0.4, -0.2) is 14.8 Å². The second kappa shape index (κ2) is 7.97. The van der Waals surface area contributed by atoms with Crippen LogP contribution in [0.5, 0.6) is 0 Å². The monoisotopic (exact) mass is 383 g/mol. The van der Waals surface area contributed by atoms with E-state index in [1.54, 1.807) is 16.6 Å². The molecule has 0 spiro atoms. The smallest absolute Gasteiger partial charge is 0.191 e. The van der Waals surface area contributed by atoms with E-state index in [1.165, 1.54) is 47.9 Å². The number of nitrogens with zero attached hydrogens (tertiary/aromatic N) is 3. The van der Waals surface area contributed by atoms with Crippen LogP contribution in [0, 0.1) is 6.92 Å². The highest BCUT2D eigenvalue weighted by molar-refractivity contribution is 7.98. The summed E-state index contributed by atoms with van der Waals surface area (Å²) >= 11 is 3.71. The van der Waals surface area contributed by atoms with E-state index in [1.807, 2.05) is 11.3 Å². The van der Waals surface area contributed by atoms with Gasteiger partial charge in [0, 0.05) is 28.1 Å². The summed E-state index contributed by atoms with van der Waals surface area (Å²) in [4.78, 5) is 1.56. The standard InChI is InChI=1S/C21H25N3S2/c1-3-12-24-20(18-14-25-19-11-7-6-10-17(18)19)22-23-21(24)26-13-16-9-5-4-8-15(16)2/h4-5,8-9,14H,3,6-7,10-13H2,1-2H3. The molecule has 136 valence electrons. The summed E-state index contributed by atoms with van der Waals surface area (Å²) in [5.41, 5.74) is 5.57. The van der Waals surface area contributed by atoms with Crippen molar-refractivity contribution >= 4 is 23.1 Å². The van der Waals surface area contributed by atoms with E-state index in [2.05, 4.69) is 58.3 Å². The fourth-order valence-electron chi connectivity index (χ4n) is 3.62. The topological polar surface area (TPSA) is 30.7 Å². The predicted molar refractivity (Wildman–Crippen MR) is 111 cm³/mol. The largest absolute Gasteiger partial charge is 0.302 e. The van der Waals surface area contributed by atoms with E-state index in [9.17, 15) is 0 Å². The number of aryl methyl sites for hydroxylation is 2. The highest BCUT2D eigenvalue weighted by atomic mass is 32.2. The Morgan fingerprint density at radius 2 is 2.00 bits per heavy atom. The first-order valence-corrected chi connectivity index (χ1v) is 11.3. The number of benzene rings is 1. The molecule has 0 unspecified atom stereocenters. The molecule has 26 heavy (non-hydrogen) atoms. The number of aromatic nitrogens is 3. The molecule has 2 heterocycles. The van der Waals surface area contributed by atoms with Gasteiger partial charge in [-0.05, 0) is 55.7 Å². The van der Waals surface area contributed by atoms with Crippen molar-refractivity contribution in [3.63, 3.8) is 0 Å². The number of fused-ring (bicyclic) bond motifs is 1. The van der Waals surface area contributed by atoms with E-state index < -0.39 is 0 Å². The van der Waals surface area contributed by atoms with E-state index in [0.29, 0.717) is 0 Å². The molecule has 0 radical (unpaired) electrons. The zero-order valence-corrected chi connectivity index (χ0v) is 17.1. The van der Waals surface area contributed by atoms with Crippen molar-refractivity contribution < 1.29 is 0 Å². The van der Waals surface area contributed by atoms with E-state index in [0.717, 1.165) is 29.7 Å². The molecular formula is C21H25N3S2. The molecule has 5 heteroatoms. The number of thiophene rings is 1. The lowest BCUT2D eigenvalue weighted by molar-refractivity contribution is 0.625. The minimum atomic E-state index is 0.941. The first kappa shape index (κ1) is 17.8. The van der Waals surface area contributed by atoms with Crippen LogP contribution in [0.1, 0.15) is 47.8 Å². The quantitative estimate of drug-likeness (QED) is 0.497. The van der Waals surface area contributed by atoms with Crippen LogP contribution in [0.2, 0.25) is 0 Å². The van der Waals surface area contributed by atoms with Gasteiger partial charge in [-0.1, -0.05) is 43.0 Å². The maximum Gasteiger partial charge on any atom is 0.191 e. The molecule has 1 aromatic carbocycles. The van der Waals surface area contributed by atoms with Crippen molar-refractivity contribution in [3.8, 4) is 11.4 Å². The minimum Gasteiger partial charge on any atom is -0.302 e. The predicted octanol–water partition coefficient (Wildman–Crippen LogP) is 5.90. The normalized spacial score (nSPS) is 13.8. The molecule has 2 aromatic heterocycles. The molecule has 0 fully saturated rings. The zero-order valence-electron chi connectivity index (χ0n) is 15.5.